The van der Waals surface area contributed by atoms with Crippen LogP contribution in [0.1, 0.15) is 25.1 Å². The predicted molar refractivity (Wildman–Crippen MR) is 127 cm³/mol. The maximum absolute atomic E-state index is 13.0. The molecule has 1 aliphatic heterocycles. The molecular weight excluding hydrogens is 499 g/mol. The molecule has 8 nitrogen and oxygen atoms in total. The molecular formula is C24H25ClF3N5O3. The van der Waals surface area contributed by atoms with E-state index >= 15 is 0 Å². The highest BCUT2D eigenvalue weighted by Crippen LogP contribution is 2.38. The fourth-order valence-corrected chi connectivity index (χ4v) is 4.46. The average Bonchev–Trinajstić information content (AvgIpc) is 3.23. The second-order valence-corrected chi connectivity index (χ2v) is 8.80. The highest BCUT2D eigenvalue weighted by atomic mass is 35.5. The number of aromatic nitrogens is 2. The van der Waals surface area contributed by atoms with Crippen molar-refractivity contribution < 1.29 is 27.9 Å². The molecule has 12 heteroatoms. The molecule has 3 aromatic rings. The van der Waals surface area contributed by atoms with E-state index in [4.69, 9.17) is 11.6 Å². The number of amides is 1. The number of imidazole rings is 1. The number of para-hydroxylation sites is 1. The van der Waals surface area contributed by atoms with Gasteiger partial charge in [-0.05, 0) is 37.5 Å². The third-order valence-electron chi connectivity index (χ3n) is 5.92. The van der Waals surface area contributed by atoms with Crippen LogP contribution in [0, 0.1) is 0 Å². The minimum Gasteiger partial charge on any atom is -0.405 e. The molecule has 1 fully saturated rings. The van der Waals surface area contributed by atoms with Gasteiger partial charge in [-0.1, -0.05) is 41.0 Å². The van der Waals surface area contributed by atoms with Crippen LogP contribution in [0.5, 0.6) is 5.75 Å². The van der Waals surface area contributed by atoms with Crippen molar-refractivity contribution in [1.29, 1.82) is 0 Å². The van der Waals surface area contributed by atoms with Gasteiger partial charge in [-0.2, -0.15) is 0 Å². The lowest BCUT2D eigenvalue weighted by Crippen LogP contribution is -2.54. The standard InChI is InChI=1S/C24H25ClF3N5O3/c1-31-13-11-29-21(31)15-23(34)32-12-5-4-8-22(32)33(35)30-16-9-10-17(19(25)14-16)18-6-2-3-7-20(18)36-24(26,27)28/h2-3,6-7,9-11,13-14,22,30,35H,4-5,8,12,15H2,1H3. The van der Waals surface area contributed by atoms with Crippen LogP contribution >= 0.6 is 11.6 Å². The number of nitrogens with one attached hydrogen (secondary N) is 1. The lowest BCUT2D eigenvalue weighted by Gasteiger charge is -2.39. The first-order valence-electron chi connectivity index (χ1n) is 11.3. The van der Waals surface area contributed by atoms with Crippen molar-refractivity contribution in [1.82, 2.24) is 19.6 Å². The summed E-state index contributed by atoms with van der Waals surface area (Å²) < 4.78 is 44.3. The number of piperidine rings is 1. The lowest BCUT2D eigenvalue weighted by atomic mass is 10.0. The number of alkyl halides is 3. The van der Waals surface area contributed by atoms with Crippen LogP contribution in [-0.2, 0) is 18.3 Å². The highest BCUT2D eigenvalue weighted by molar-refractivity contribution is 6.33. The van der Waals surface area contributed by atoms with Gasteiger partial charge in [-0.15, -0.1) is 13.2 Å². The van der Waals surface area contributed by atoms with Crippen molar-refractivity contribution in [2.75, 3.05) is 12.0 Å². The van der Waals surface area contributed by atoms with Crippen LogP contribution in [0.3, 0.4) is 0 Å². The number of ether oxygens (including phenoxy) is 1. The summed E-state index contributed by atoms with van der Waals surface area (Å²) in [6.07, 6.45) is 0.209. The van der Waals surface area contributed by atoms with Gasteiger partial charge in [-0.25, -0.2) is 4.98 Å². The molecule has 0 spiro atoms. The molecule has 2 heterocycles. The molecule has 0 saturated carbocycles. The molecule has 1 atom stereocenters. The van der Waals surface area contributed by atoms with Crippen LogP contribution in [-0.4, -0.2) is 49.8 Å². The molecule has 1 aromatic heterocycles. The van der Waals surface area contributed by atoms with Gasteiger partial charge in [0, 0.05) is 37.1 Å². The summed E-state index contributed by atoms with van der Waals surface area (Å²) in [4.78, 5) is 18.8. The molecule has 0 bridgehead atoms. The maximum atomic E-state index is 13.0. The van der Waals surface area contributed by atoms with Crippen LogP contribution in [0.15, 0.2) is 54.9 Å². The van der Waals surface area contributed by atoms with Crippen LogP contribution in [0.4, 0.5) is 18.9 Å². The number of likely N-dealkylation sites (tertiary alicyclic amines) is 1. The van der Waals surface area contributed by atoms with E-state index in [9.17, 15) is 23.2 Å². The number of nitrogens with zero attached hydrogens (tertiary/aromatic N) is 4. The zero-order chi connectivity index (χ0) is 25.9. The van der Waals surface area contributed by atoms with Crippen LogP contribution in [0.25, 0.3) is 11.1 Å². The summed E-state index contributed by atoms with van der Waals surface area (Å²) >= 11 is 6.40. The van der Waals surface area contributed by atoms with E-state index in [1.165, 1.54) is 30.3 Å². The van der Waals surface area contributed by atoms with E-state index in [2.05, 4.69) is 15.1 Å². The second-order valence-electron chi connectivity index (χ2n) is 8.39. The number of hydrogen-bond donors (Lipinski definition) is 2. The Balaban J connectivity index is 1.49. The van der Waals surface area contributed by atoms with Gasteiger partial charge in [0.05, 0.1) is 17.1 Å². The van der Waals surface area contributed by atoms with E-state index in [1.807, 2.05) is 7.05 Å². The molecule has 2 N–H and O–H groups in total. The molecule has 1 amide bonds. The monoisotopic (exact) mass is 523 g/mol. The SMILES string of the molecule is Cn1ccnc1CC(=O)N1CCCCC1N(O)Nc1ccc(-c2ccccc2OC(F)(F)F)c(Cl)c1. The van der Waals surface area contributed by atoms with Gasteiger partial charge in [0.2, 0.25) is 5.91 Å². The third kappa shape index (κ3) is 6.10. The topological polar surface area (TPSA) is 82.9 Å². The summed E-state index contributed by atoms with van der Waals surface area (Å²) in [6.45, 7) is 0.488. The number of rotatable bonds is 7. The number of anilines is 1. The number of halogens is 4. The van der Waals surface area contributed by atoms with E-state index in [0.717, 1.165) is 18.0 Å². The van der Waals surface area contributed by atoms with E-state index in [1.54, 1.807) is 34.0 Å². The molecule has 0 aliphatic carbocycles. The summed E-state index contributed by atoms with van der Waals surface area (Å²) in [5.41, 5.74) is 3.71. The Hall–Kier alpha value is -3.28. The number of aryl methyl sites for hydroxylation is 1. The summed E-state index contributed by atoms with van der Waals surface area (Å²) in [5, 5.41) is 11.8. The Labute approximate surface area is 210 Å². The lowest BCUT2D eigenvalue weighted by molar-refractivity contribution is -0.274. The summed E-state index contributed by atoms with van der Waals surface area (Å²) in [5.74, 6) is 0.0869. The number of benzene rings is 2. The first-order chi connectivity index (χ1) is 17.1. The minimum absolute atomic E-state index is 0.105. The Morgan fingerprint density at radius 2 is 2.03 bits per heavy atom. The van der Waals surface area contributed by atoms with Gasteiger partial charge in [0.25, 0.3) is 0 Å². The van der Waals surface area contributed by atoms with E-state index < -0.39 is 12.5 Å². The van der Waals surface area contributed by atoms with Gasteiger partial charge < -0.3 is 14.2 Å². The number of carbonyl (C=O) groups is 1. The zero-order valence-electron chi connectivity index (χ0n) is 19.4. The fourth-order valence-electron chi connectivity index (χ4n) is 4.18. The average molecular weight is 524 g/mol. The van der Waals surface area contributed by atoms with Gasteiger partial charge in [0.15, 0.2) is 0 Å². The van der Waals surface area contributed by atoms with Gasteiger partial charge in [0.1, 0.15) is 17.7 Å². The zero-order valence-corrected chi connectivity index (χ0v) is 20.1. The molecule has 36 heavy (non-hydrogen) atoms. The molecule has 2 aromatic carbocycles. The third-order valence-corrected chi connectivity index (χ3v) is 6.23. The Morgan fingerprint density at radius 1 is 1.25 bits per heavy atom. The predicted octanol–water partition coefficient (Wildman–Crippen LogP) is 5.24. The molecule has 1 aliphatic rings. The minimum atomic E-state index is -4.85. The van der Waals surface area contributed by atoms with Gasteiger partial charge in [-0.3, -0.25) is 15.4 Å². The van der Waals surface area contributed by atoms with Gasteiger partial charge >= 0.3 is 6.36 Å². The number of hydrogen-bond acceptors (Lipinski definition) is 6. The van der Waals surface area contributed by atoms with Crippen LogP contribution < -0.4 is 10.2 Å². The molecule has 192 valence electrons. The van der Waals surface area contributed by atoms with Crippen molar-refractivity contribution in [3.8, 4) is 16.9 Å². The first-order valence-corrected chi connectivity index (χ1v) is 11.7. The quantitative estimate of drug-likeness (QED) is 0.412. The maximum Gasteiger partial charge on any atom is 0.573 e. The highest BCUT2D eigenvalue weighted by Gasteiger charge is 2.33. The molecule has 0 radical (unpaired) electrons. The summed E-state index contributed by atoms with van der Waals surface area (Å²) in [6, 6.07) is 10.3. The van der Waals surface area contributed by atoms with E-state index in [0.29, 0.717) is 30.0 Å². The fraction of sp³-hybridized carbons (Fsp3) is 0.333. The van der Waals surface area contributed by atoms with Crippen molar-refractivity contribution in [2.24, 2.45) is 7.05 Å². The Kier molecular flexibility index (Phi) is 7.72. The van der Waals surface area contributed by atoms with Crippen molar-refractivity contribution >= 4 is 23.2 Å². The van der Waals surface area contributed by atoms with E-state index in [-0.39, 0.29) is 28.7 Å². The smallest absolute Gasteiger partial charge is 0.405 e. The molecule has 4 rings (SSSR count). The second kappa shape index (κ2) is 10.8. The number of carbonyl (C=O) groups excluding carboxylic acids is 1. The first kappa shape index (κ1) is 25.8. The number of hydrazine groups is 1. The molecule has 1 unspecified atom stereocenters. The van der Waals surface area contributed by atoms with Crippen molar-refractivity contribution in [2.45, 2.75) is 38.2 Å². The Bertz CT molecular complexity index is 1220. The number of hydroxylamine groups is 1. The van der Waals surface area contributed by atoms with Crippen LogP contribution in [0.2, 0.25) is 5.02 Å². The molecule has 1 saturated heterocycles. The largest absolute Gasteiger partial charge is 0.573 e. The normalized spacial score (nSPS) is 16.3. The Morgan fingerprint density at radius 3 is 2.72 bits per heavy atom. The van der Waals surface area contributed by atoms with Crippen molar-refractivity contribution in [3.05, 3.63) is 65.7 Å². The van der Waals surface area contributed by atoms with Crippen molar-refractivity contribution in [3.63, 3.8) is 0 Å². The summed E-state index contributed by atoms with van der Waals surface area (Å²) in [7, 11) is 1.81.